The molecule has 0 heterocycles. The summed E-state index contributed by atoms with van der Waals surface area (Å²) in [6, 6.07) is 10.5. The second-order valence-electron chi connectivity index (χ2n) is 6.40. The lowest BCUT2D eigenvalue weighted by atomic mass is 9.83. The number of carbonyl (C=O) groups excluding carboxylic acids is 1. The van der Waals surface area contributed by atoms with E-state index in [4.69, 9.17) is 0 Å². The van der Waals surface area contributed by atoms with Gasteiger partial charge in [-0.1, -0.05) is 43.5 Å². The number of nitriles is 1. The number of aryl methyl sites for hydroxylation is 1. The van der Waals surface area contributed by atoms with Crippen LogP contribution in [0.4, 0.5) is 0 Å². The van der Waals surface area contributed by atoms with Gasteiger partial charge in [-0.05, 0) is 37.9 Å². The smallest absolute Gasteiger partial charge is 0.235 e. The molecule has 0 saturated heterocycles. The second kappa shape index (κ2) is 7.42. The molecule has 0 spiro atoms. The van der Waals surface area contributed by atoms with Crippen LogP contribution < -0.4 is 5.32 Å². The Kier molecular flexibility index (Phi) is 5.57. The highest BCUT2D eigenvalue weighted by molar-refractivity contribution is 5.79. The van der Waals surface area contributed by atoms with Gasteiger partial charge in [-0.15, -0.1) is 0 Å². The normalized spacial score (nSPS) is 17.0. The molecule has 4 nitrogen and oxygen atoms in total. The first kappa shape index (κ1) is 16.5. The summed E-state index contributed by atoms with van der Waals surface area (Å²) in [6.45, 7) is 3.13. The number of nitrogens with zero attached hydrogens (tertiary/aromatic N) is 2. The Balaban J connectivity index is 1.88. The lowest BCUT2D eigenvalue weighted by molar-refractivity contribution is -0.123. The molecule has 0 atom stereocenters. The molecule has 0 aliphatic heterocycles. The van der Waals surface area contributed by atoms with Gasteiger partial charge in [0.2, 0.25) is 5.91 Å². The van der Waals surface area contributed by atoms with Crippen LogP contribution in [0.25, 0.3) is 0 Å². The lowest BCUT2D eigenvalue weighted by Gasteiger charge is -2.32. The highest BCUT2D eigenvalue weighted by atomic mass is 16.2. The molecule has 0 aromatic heterocycles. The topological polar surface area (TPSA) is 56.1 Å². The van der Waals surface area contributed by atoms with Crippen molar-refractivity contribution in [1.29, 1.82) is 5.26 Å². The number of benzene rings is 1. The molecule has 1 aliphatic rings. The molecular weight excluding hydrogens is 274 g/mol. The van der Waals surface area contributed by atoms with Gasteiger partial charge in [0.1, 0.15) is 5.54 Å². The summed E-state index contributed by atoms with van der Waals surface area (Å²) in [6.07, 6.45) is 4.75. The average Bonchev–Trinajstić information content (AvgIpc) is 2.50. The van der Waals surface area contributed by atoms with Gasteiger partial charge in [0.05, 0.1) is 12.6 Å². The van der Waals surface area contributed by atoms with Crippen molar-refractivity contribution in [3.63, 3.8) is 0 Å². The molecule has 118 valence electrons. The van der Waals surface area contributed by atoms with Crippen LogP contribution in [0.2, 0.25) is 0 Å². The van der Waals surface area contributed by atoms with Gasteiger partial charge in [-0.2, -0.15) is 5.26 Å². The molecule has 1 amide bonds. The number of nitrogens with one attached hydrogen (secondary N) is 1. The van der Waals surface area contributed by atoms with Crippen molar-refractivity contribution in [3.05, 3.63) is 35.4 Å². The van der Waals surface area contributed by atoms with E-state index in [2.05, 4.69) is 30.4 Å². The molecule has 0 radical (unpaired) electrons. The number of hydrogen-bond donors (Lipinski definition) is 1. The van der Waals surface area contributed by atoms with Crippen molar-refractivity contribution < 1.29 is 4.79 Å². The van der Waals surface area contributed by atoms with E-state index >= 15 is 0 Å². The van der Waals surface area contributed by atoms with Crippen LogP contribution in [0, 0.1) is 18.3 Å². The fourth-order valence-electron chi connectivity index (χ4n) is 3.11. The fourth-order valence-corrected chi connectivity index (χ4v) is 3.11. The van der Waals surface area contributed by atoms with Crippen LogP contribution in [0.15, 0.2) is 24.3 Å². The molecule has 1 aromatic carbocycles. The predicted octanol–water partition coefficient (Wildman–Crippen LogP) is 2.77. The maximum Gasteiger partial charge on any atom is 0.235 e. The molecule has 0 bridgehead atoms. The summed E-state index contributed by atoms with van der Waals surface area (Å²) < 4.78 is 0. The van der Waals surface area contributed by atoms with Crippen molar-refractivity contribution in [2.24, 2.45) is 0 Å². The number of amides is 1. The van der Waals surface area contributed by atoms with E-state index in [9.17, 15) is 10.1 Å². The zero-order chi connectivity index (χ0) is 16.0. The van der Waals surface area contributed by atoms with Crippen molar-refractivity contribution in [3.8, 4) is 6.07 Å². The molecule has 0 unspecified atom stereocenters. The summed E-state index contributed by atoms with van der Waals surface area (Å²) in [5.74, 6) is -0.0560. The quantitative estimate of drug-likeness (QED) is 0.909. The summed E-state index contributed by atoms with van der Waals surface area (Å²) >= 11 is 0. The van der Waals surface area contributed by atoms with E-state index in [1.165, 1.54) is 11.1 Å². The predicted molar refractivity (Wildman–Crippen MR) is 87.1 cm³/mol. The summed E-state index contributed by atoms with van der Waals surface area (Å²) in [7, 11) is 1.94. The average molecular weight is 299 g/mol. The van der Waals surface area contributed by atoms with Crippen LogP contribution in [-0.2, 0) is 11.3 Å². The van der Waals surface area contributed by atoms with E-state index in [1.807, 2.05) is 24.1 Å². The minimum Gasteiger partial charge on any atom is -0.337 e. The van der Waals surface area contributed by atoms with E-state index in [0.717, 1.165) is 38.6 Å². The minimum absolute atomic E-state index is 0.0560. The summed E-state index contributed by atoms with van der Waals surface area (Å²) in [4.78, 5) is 14.2. The van der Waals surface area contributed by atoms with Crippen molar-refractivity contribution in [2.45, 2.75) is 51.1 Å². The molecule has 1 N–H and O–H groups in total. The molecule has 2 rings (SSSR count). The fraction of sp³-hybridized carbons (Fsp3) is 0.556. The minimum atomic E-state index is -0.640. The molecule has 22 heavy (non-hydrogen) atoms. The zero-order valence-corrected chi connectivity index (χ0v) is 13.6. The Morgan fingerprint density at radius 3 is 2.64 bits per heavy atom. The molecule has 1 aliphatic carbocycles. The standard InChI is InChI=1S/C18H25N3O/c1-15-8-4-5-9-16(15)12-21(2)13-17(22)20-18(14-19)10-6-3-7-11-18/h4-5,8-9H,3,6-7,10-13H2,1-2H3,(H,20,22). The van der Waals surface area contributed by atoms with Crippen LogP contribution in [0.5, 0.6) is 0 Å². The molecule has 1 aromatic rings. The van der Waals surface area contributed by atoms with Gasteiger partial charge >= 0.3 is 0 Å². The summed E-state index contributed by atoms with van der Waals surface area (Å²) in [5, 5.41) is 12.4. The first-order valence-corrected chi connectivity index (χ1v) is 8.00. The maximum absolute atomic E-state index is 12.3. The Bertz CT molecular complexity index is 556. The van der Waals surface area contributed by atoms with Gasteiger partial charge in [-0.25, -0.2) is 0 Å². The van der Waals surface area contributed by atoms with Crippen molar-refractivity contribution >= 4 is 5.91 Å². The first-order chi connectivity index (χ1) is 10.5. The maximum atomic E-state index is 12.3. The highest BCUT2D eigenvalue weighted by Crippen LogP contribution is 2.27. The summed E-state index contributed by atoms with van der Waals surface area (Å²) in [5.41, 5.74) is 1.82. The monoisotopic (exact) mass is 299 g/mol. The molecule has 4 heteroatoms. The Morgan fingerprint density at radius 1 is 1.32 bits per heavy atom. The van der Waals surface area contributed by atoms with E-state index in [-0.39, 0.29) is 5.91 Å². The molecule has 1 saturated carbocycles. The SMILES string of the molecule is Cc1ccccc1CN(C)CC(=O)NC1(C#N)CCCCC1. The molecule has 1 fully saturated rings. The van der Waals surface area contributed by atoms with E-state index in [0.29, 0.717) is 6.54 Å². The van der Waals surface area contributed by atoms with Gasteiger partial charge in [-0.3, -0.25) is 9.69 Å². The molecular formula is C18H25N3O. The third-order valence-corrected chi connectivity index (χ3v) is 4.41. The number of likely N-dealkylation sites (N-methyl/N-ethyl adjacent to an activating group) is 1. The van der Waals surface area contributed by atoms with Gasteiger partial charge < -0.3 is 5.32 Å². The third-order valence-electron chi connectivity index (χ3n) is 4.41. The largest absolute Gasteiger partial charge is 0.337 e. The Hall–Kier alpha value is -1.86. The number of hydrogen-bond acceptors (Lipinski definition) is 3. The van der Waals surface area contributed by atoms with Crippen LogP contribution in [-0.4, -0.2) is 29.9 Å². The van der Waals surface area contributed by atoms with Crippen molar-refractivity contribution in [2.75, 3.05) is 13.6 Å². The number of rotatable bonds is 5. The first-order valence-electron chi connectivity index (χ1n) is 8.00. The third kappa shape index (κ3) is 4.32. The Morgan fingerprint density at radius 2 is 2.00 bits per heavy atom. The van der Waals surface area contributed by atoms with E-state index < -0.39 is 5.54 Å². The van der Waals surface area contributed by atoms with Gasteiger partial charge in [0.25, 0.3) is 0 Å². The van der Waals surface area contributed by atoms with Crippen LogP contribution in [0.1, 0.15) is 43.2 Å². The van der Waals surface area contributed by atoms with Crippen LogP contribution >= 0.6 is 0 Å². The zero-order valence-electron chi connectivity index (χ0n) is 13.6. The van der Waals surface area contributed by atoms with Gasteiger partial charge in [0, 0.05) is 6.54 Å². The lowest BCUT2D eigenvalue weighted by Crippen LogP contribution is -2.51. The second-order valence-corrected chi connectivity index (χ2v) is 6.40. The number of carbonyl (C=O) groups is 1. The van der Waals surface area contributed by atoms with Crippen molar-refractivity contribution in [1.82, 2.24) is 10.2 Å². The van der Waals surface area contributed by atoms with Gasteiger partial charge in [0.15, 0.2) is 0 Å². The van der Waals surface area contributed by atoms with E-state index in [1.54, 1.807) is 0 Å². The van der Waals surface area contributed by atoms with Crippen LogP contribution in [0.3, 0.4) is 0 Å². The highest BCUT2D eigenvalue weighted by Gasteiger charge is 2.33. The Labute approximate surface area is 133 Å².